The molecule has 1 unspecified atom stereocenters. The molecule has 3 heterocycles. The molecule has 0 bridgehead atoms. The fraction of sp³-hybridized carbons (Fsp3) is 0.375. The highest BCUT2D eigenvalue weighted by Gasteiger charge is 2.16. The second-order valence-corrected chi connectivity index (χ2v) is 6.14. The van der Waals surface area contributed by atoms with Gasteiger partial charge < -0.3 is 5.32 Å². The van der Waals surface area contributed by atoms with E-state index in [9.17, 15) is 0 Å². The number of aryl methyl sites for hydroxylation is 1. The smallest absolute Gasteiger partial charge is 0.193 e. The molecule has 110 valence electrons. The van der Waals surface area contributed by atoms with Gasteiger partial charge in [-0.2, -0.15) is 0 Å². The minimum atomic E-state index is 0.267. The lowest BCUT2D eigenvalue weighted by atomic mass is 10.00. The number of rotatable bonds is 6. The van der Waals surface area contributed by atoms with Crippen molar-refractivity contribution in [2.45, 2.75) is 32.7 Å². The van der Waals surface area contributed by atoms with E-state index in [0.717, 1.165) is 30.0 Å². The molecule has 3 aromatic rings. The van der Waals surface area contributed by atoms with Crippen LogP contribution in [0.15, 0.2) is 36.2 Å². The van der Waals surface area contributed by atoms with Gasteiger partial charge in [0.15, 0.2) is 4.96 Å². The normalized spacial score (nSPS) is 12.9. The molecule has 0 spiro atoms. The Bertz CT molecular complexity index is 687. The van der Waals surface area contributed by atoms with Gasteiger partial charge in [0, 0.05) is 42.6 Å². The van der Waals surface area contributed by atoms with Crippen molar-refractivity contribution in [2.24, 2.45) is 0 Å². The summed E-state index contributed by atoms with van der Waals surface area (Å²) in [5, 5.41) is 5.69. The van der Waals surface area contributed by atoms with Gasteiger partial charge in [-0.15, -0.1) is 11.3 Å². The van der Waals surface area contributed by atoms with Crippen LogP contribution in [0.25, 0.3) is 4.96 Å². The number of fused-ring (bicyclic) bond motifs is 1. The average molecular weight is 300 g/mol. The average Bonchev–Trinajstić information content (AvgIpc) is 3.05. The molecular weight excluding hydrogens is 280 g/mol. The van der Waals surface area contributed by atoms with Crippen molar-refractivity contribution in [3.05, 3.63) is 53.1 Å². The van der Waals surface area contributed by atoms with E-state index in [0.29, 0.717) is 0 Å². The van der Waals surface area contributed by atoms with Crippen molar-refractivity contribution in [3.63, 3.8) is 0 Å². The molecule has 3 aromatic heterocycles. The highest BCUT2D eigenvalue weighted by Crippen LogP contribution is 2.22. The number of aromatic nitrogens is 3. The van der Waals surface area contributed by atoms with Gasteiger partial charge in [0.2, 0.25) is 0 Å². The number of hydrogen-bond acceptors (Lipinski definition) is 4. The van der Waals surface area contributed by atoms with Gasteiger partial charge in [-0.3, -0.25) is 9.38 Å². The molecule has 1 atom stereocenters. The van der Waals surface area contributed by atoms with Gasteiger partial charge in [-0.1, -0.05) is 6.92 Å². The molecule has 0 aliphatic carbocycles. The zero-order valence-corrected chi connectivity index (χ0v) is 13.2. The van der Waals surface area contributed by atoms with Crippen LogP contribution < -0.4 is 5.32 Å². The Labute approximate surface area is 128 Å². The third-order valence-electron chi connectivity index (χ3n) is 3.65. The standard InChI is InChI=1S/C16H20N4S/c1-3-5-18-15(14-10-17-6-4-12(14)2)9-13-11-20-7-8-21-16(20)19-13/h4,6-8,10-11,15,18H,3,5,9H2,1-2H3. The molecule has 1 N–H and O–H groups in total. The molecular formula is C16H20N4S. The Kier molecular flexibility index (Phi) is 4.31. The molecule has 0 radical (unpaired) electrons. The molecule has 3 rings (SSSR count). The monoisotopic (exact) mass is 300 g/mol. The Morgan fingerprint density at radius 2 is 2.33 bits per heavy atom. The first-order valence-corrected chi connectivity index (χ1v) is 8.21. The van der Waals surface area contributed by atoms with E-state index in [1.54, 1.807) is 11.3 Å². The zero-order valence-electron chi connectivity index (χ0n) is 12.4. The first kappa shape index (κ1) is 14.2. The molecule has 0 fully saturated rings. The van der Waals surface area contributed by atoms with Crippen molar-refractivity contribution >= 4 is 16.3 Å². The van der Waals surface area contributed by atoms with Crippen molar-refractivity contribution < 1.29 is 0 Å². The molecule has 0 saturated carbocycles. The van der Waals surface area contributed by atoms with Crippen LogP contribution in [0.4, 0.5) is 0 Å². The van der Waals surface area contributed by atoms with E-state index < -0.39 is 0 Å². The molecule has 0 aliphatic rings. The number of thiazole rings is 1. The van der Waals surface area contributed by atoms with E-state index in [2.05, 4.69) is 52.4 Å². The number of nitrogens with zero attached hydrogens (tertiary/aromatic N) is 3. The van der Waals surface area contributed by atoms with Crippen molar-refractivity contribution in [2.75, 3.05) is 6.54 Å². The predicted molar refractivity (Wildman–Crippen MR) is 86.8 cm³/mol. The van der Waals surface area contributed by atoms with E-state index in [4.69, 9.17) is 4.98 Å². The second-order valence-electron chi connectivity index (χ2n) is 5.27. The van der Waals surface area contributed by atoms with Gasteiger partial charge in [0.25, 0.3) is 0 Å². The maximum absolute atomic E-state index is 4.70. The van der Waals surface area contributed by atoms with E-state index in [1.807, 2.05) is 12.4 Å². The van der Waals surface area contributed by atoms with Crippen LogP contribution in [-0.4, -0.2) is 20.9 Å². The van der Waals surface area contributed by atoms with Gasteiger partial charge in [-0.05, 0) is 37.1 Å². The fourth-order valence-corrected chi connectivity index (χ4v) is 3.25. The van der Waals surface area contributed by atoms with Crippen LogP contribution >= 0.6 is 11.3 Å². The third kappa shape index (κ3) is 3.14. The number of nitrogens with one attached hydrogen (secondary N) is 1. The Morgan fingerprint density at radius 3 is 3.10 bits per heavy atom. The van der Waals surface area contributed by atoms with E-state index in [-0.39, 0.29) is 6.04 Å². The summed E-state index contributed by atoms with van der Waals surface area (Å²) in [6, 6.07) is 2.34. The summed E-state index contributed by atoms with van der Waals surface area (Å²) in [4.78, 5) is 10.0. The van der Waals surface area contributed by atoms with Crippen LogP contribution in [0, 0.1) is 6.92 Å². The zero-order chi connectivity index (χ0) is 14.7. The van der Waals surface area contributed by atoms with Crippen molar-refractivity contribution in [1.29, 1.82) is 0 Å². The second kappa shape index (κ2) is 6.37. The third-order valence-corrected chi connectivity index (χ3v) is 4.42. The maximum atomic E-state index is 4.70. The quantitative estimate of drug-likeness (QED) is 0.759. The molecule has 0 aliphatic heterocycles. The van der Waals surface area contributed by atoms with Gasteiger partial charge >= 0.3 is 0 Å². The van der Waals surface area contributed by atoms with Crippen LogP contribution in [0.2, 0.25) is 0 Å². The lowest BCUT2D eigenvalue weighted by Gasteiger charge is -2.19. The summed E-state index contributed by atoms with van der Waals surface area (Å²) < 4.78 is 2.09. The van der Waals surface area contributed by atoms with Crippen LogP contribution in [-0.2, 0) is 6.42 Å². The highest BCUT2D eigenvalue weighted by molar-refractivity contribution is 7.15. The Hall–Kier alpha value is -1.72. The molecule has 0 aromatic carbocycles. The van der Waals surface area contributed by atoms with Crippen molar-refractivity contribution in [1.82, 2.24) is 19.7 Å². The Morgan fingerprint density at radius 1 is 1.43 bits per heavy atom. The fourth-order valence-electron chi connectivity index (χ4n) is 2.54. The SMILES string of the molecule is CCCNC(Cc1cn2ccsc2n1)c1cnccc1C. The first-order valence-electron chi connectivity index (χ1n) is 7.33. The van der Waals surface area contributed by atoms with Crippen LogP contribution in [0.3, 0.4) is 0 Å². The van der Waals surface area contributed by atoms with Gasteiger partial charge in [-0.25, -0.2) is 4.98 Å². The lowest BCUT2D eigenvalue weighted by molar-refractivity contribution is 0.522. The first-order chi connectivity index (χ1) is 10.3. The highest BCUT2D eigenvalue weighted by atomic mass is 32.1. The molecule has 0 saturated heterocycles. The van der Waals surface area contributed by atoms with E-state index in [1.165, 1.54) is 11.1 Å². The topological polar surface area (TPSA) is 42.2 Å². The summed E-state index contributed by atoms with van der Waals surface area (Å²) in [7, 11) is 0. The van der Waals surface area contributed by atoms with Gasteiger partial charge in [0.05, 0.1) is 5.69 Å². The number of pyridine rings is 1. The summed E-state index contributed by atoms with van der Waals surface area (Å²) in [6.45, 7) is 5.33. The summed E-state index contributed by atoms with van der Waals surface area (Å²) in [5.74, 6) is 0. The number of hydrogen-bond donors (Lipinski definition) is 1. The van der Waals surface area contributed by atoms with E-state index >= 15 is 0 Å². The minimum absolute atomic E-state index is 0.267. The van der Waals surface area contributed by atoms with Crippen LogP contribution in [0.5, 0.6) is 0 Å². The molecule has 0 amide bonds. The molecule has 4 nitrogen and oxygen atoms in total. The summed E-state index contributed by atoms with van der Waals surface area (Å²) >= 11 is 1.67. The molecule has 5 heteroatoms. The molecule has 21 heavy (non-hydrogen) atoms. The van der Waals surface area contributed by atoms with Crippen molar-refractivity contribution in [3.8, 4) is 0 Å². The largest absolute Gasteiger partial charge is 0.310 e. The summed E-state index contributed by atoms with van der Waals surface area (Å²) in [6.07, 6.45) is 10.0. The number of imidazole rings is 1. The lowest BCUT2D eigenvalue weighted by Crippen LogP contribution is -2.25. The maximum Gasteiger partial charge on any atom is 0.193 e. The van der Waals surface area contributed by atoms with Crippen LogP contribution in [0.1, 0.15) is 36.2 Å². The minimum Gasteiger partial charge on any atom is -0.310 e. The summed E-state index contributed by atoms with van der Waals surface area (Å²) in [5.41, 5.74) is 3.67. The Balaban J connectivity index is 1.85. The van der Waals surface area contributed by atoms with Gasteiger partial charge in [0.1, 0.15) is 0 Å². The predicted octanol–water partition coefficient (Wildman–Crippen LogP) is 3.38.